The molecule has 0 aromatic heterocycles. The molecule has 0 aliphatic heterocycles. The third-order valence-corrected chi connectivity index (χ3v) is 3.20. The summed E-state index contributed by atoms with van der Waals surface area (Å²) in [7, 11) is 0. The van der Waals surface area contributed by atoms with Crippen LogP contribution in [0.15, 0.2) is 33.7 Å². The normalized spacial score (nSPS) is 17.3. The molecule has 1 aliphatic rings. The van der Waals surface area contributed by atoms with Gasteiger partial charge in [0.05, 0.1) is 0 Å². The molecule has 1 nitrogen and oxygen atoms in total. The van der Waals surface area contributed by atoms with Crippen molar-refractivity contribution in [1.82, 2.24) is 0 Å². The minimum absolute atomic E-state index is 0.697. The Bertz CT molecular complexity index is 266. The van der Waals surface area contributed by atoms with Crippen LogP contribution in [0.3, 0.4) is 0 Å². The highest BCUT2D eigenvalue weighted by Gasteiger charge is 2.03. The van der Waals surface area contributed by atoms with Crippen LogP contribution in [-0.2, 0) is 0 Å². The van der Waals surface area contributed by atoms with E-state index in [1.807, 2.05) is 6.26 Å². The van der Waals surface area contributed by atoms with Gasteiger partial charge >= 0.3 is 0 Å². The van der Waals surface area contributed by atoms with Gasteiger partial charge in [0.1, 0.15) is 0 Å². The smallest absolute Gasteiger partial charge is 0.0354 e. The van der Waals surface area contributed by atoms with Gasteiger partial charge in [0.15, 0.2) is 0 Å². The lowest BCUT2D eigenvalue weighted by Gasteiger charge is -1.97. The minimum Gasteiger partial charge on any atom is -0.330 e. The van der Waals surface area contributed by atoms with Crippen LogP contribution in [0.2, 0.25) is 0 Å². The molecule has 1 rings (SSSR count). The molecule has 13 heavy (non-hydrogen) atoms. The topological polar surface area (TPSA) is 26.0 Å². The molecule has 0 atom stereocenters. The number of nitrogens with two attached hydrogens (primary N) is 1. The van der Waals surface area contributed by atoms with Gasteiger partial charge in [-0.15, -0.1) is 11.8 Å². The standard InChI is InChI=1S/C10H14ClNS/c1-13-10-5-3-8(6-7-12)2-4-9(10)11/h2-3,5H,4,6-7,12H2,1H3. The predicted octanol–water partition coefficient (Wildman–Crippen LogP) is 3.03. The van der Waals surface area contributed by atoms with E-state index in [1.54, 1.807) is 11.8 Å². The van der Waals surface area contributed by atoms with E-state index in [9.17, 15) is 0 Å². The first-order valence-corrected chi connectivity index (χ1v) is 5.88. The van der Waals surface area contributed by atoms with Crippen LogP contribution in [0.25, 0.3) is 0 Å². The quantitative estimate of drug-likeness (QED) is 0.783. The summed E-state index contributed by atoms with van der Waals surface area (Å²) in [4.78, 5) is 1.16. The zero-order valence-corrected chi connectivity index (χ0v) is 9.29. The molecule has 0 heterocycles. The summed E-state index contributed by atoms with van der Waals surface area (Å²) >= 11 is 7.77. The van der Waals surface area contributed by atoms with E-state index in [4.69, 9.17) is 17.3 Å². The van der Waals surface area contributed by atoms with Crippen molar-refractivity contribution in [1.29, 1.82) is 0 Å². The van der Waals surface area contributed by atoms with Crippen LogP contribution in [-0.4, -0.2) is 12.8 Å². The first-order chi connectivity index (χ1) is 6.27. The molecule has 0 spiro atoms. The van der Waals surface area contributed by atoms with E-state index in [1.165, 1.54) is 5.57 Å². The first-order valence-electron chi connectivity index (χ1n) is 4.27. The van der Waals surface area contributed by atoms with E-state index in [0.717, 1.165) is 22.8 Å². The molecule has 0 amide bonds. The van der Waals surface area contributed by atoms with Gasteiger partial charge in [-0.3, -0.25) is 0 Å². The molecular weight excluding hydrogens is 202 g/mol. The average Bonchev–Trinajstić information content (AvgIpc) is 2.30. The Hall–Kier alpha value is -0.180. The van der Waals surface area contributed by atoms with E-state index in [2.05, 4.69) is 18.2 Å². The molecule has 0 unspecified atom stereocenters. The van der Waals surface area contributed by atoms with Crippen molar-refractivity contribution in [2.45, 2.75) is 12.8 Å². The summed E-state index contributed by atoms with van der Waals surface area (Å²) in [6.07, 6.45) is 10.1. The van der Waals surface area contributed by atoms with E-state index in [0.29, 0.717) is 6.54 Å². The minimum atomic E-state index is 0.697. The van der Waals surface area contributed by atoms with Gasteiger partial charge < -0.3 is 5.73 Å². The van der Waals surface area contributed by atoms with Gasteiger partial charge in [0, 0.05) is 16.4 Å². The second kappa shape index (κ2) is 5.53. The molecule has 2 N–H and O–H groups in total. The van der Waals surface area contributed by atoms with Crippen LogP contribution < -0.4 is 5.73 Å². The van der Waals surface area contributed by atoms with E-state index in [-0.39, 0.29) is 0 Å². The van der Waals surface area contributed by atoms with Crippen LogP contribution in [0.5, 0.6) is 0 Å². The maximum atomic E-state index is 6.08. The summed E-state index contributed by atoms with van der Waals surface area (Å²) in [6.45, 7) is 0.697. The summed E-state index contributed by atoms with van der Waals surface area (Å²) < 4.78 is 0. The lowest BCUT2D eigenvalue weighted by atomic mass is 10.1. The first kappa shape index (κ1) is 10.9. The van der Waals surface area contributed by atoms with Crippen molar-refractivity contribution < 1.29 is 0 Å². The van der Waals surface area contributed by atoms with Crippen LogP contribution in [0.1, 0.15) is 12.8 Å². The summed E-state index contributed by atoms with van der Waals surface area (Å²) in [6, 6.07) is 0. The molecule has 3 heteroatoms. The monoisotopic (exact) mass is 215 g/mol. The average molecular weight is 216 g/mol. The number of halogens is 1. The largest absolute Gasteiger partial charge is 0.330 e. The fourth-order valence-electron chi connectivity index (χ4n) is 1.19. The lowest BCUT2D eigenvalue weighted by molar-refractivity contribution is 0.968. The number of allylic oxidation sites excluding steroid dienone is 4. The van der Waals surface area contributed by atoms with Crippen LogP contribution in [0.4, 0.5) is 0 Å². The van der Waals surface area contributed by atoms with Crippen molar-refractivity contribution >= 4 is 23.4 Å². The Labute approximate surface area is 88.7 Å². The second-order valence-electron chi connectivity index (χ2n) is 2.83. The van der Waals surface area contributed by atoms with E-state index >= 15 is 0 Å². The van der Waals surface area contributed by atoms with Gasteiger partial charge in [0.2, 0.25) is 0 Å². The molecular formula is C10H14ClNS. The summed E-state index contributed by atoms with van der Waals surface area (Å²) in [5.41, 5.74) is 6.77. The SMILES string of the molecule is CSC1=C(Cl)CC=C(CCN)C=C1. The van der Waals surface area contributed by atoms with Crippen molar-refractivity contribution in [3.05, 3.63) is 33.7 Å². The third kappa shape index (κ3) is 3.22. The van der Waals surface area contributed by atoms with Gasteiger partial charge in [0.25, 0.3) is 0 Å². The van der Waals surface area contributed by atoms with Crippen molar-refractivity contribution in [2.75, 3.05) is 12.8 Å². The Morgan fingerprint density at radius 1 is 1.54 bits per heavy atom. The molecule has 0 fully saturated rings. The van der Waals surface area contributed by atoms with Crippen molar-refractivity contribution in [3.63, 3.8) is 0 Å². The third-order valence-electron chi connectivity index (χ3n) is 1.91. The molecule has 0 radical (unpaired) electrons. The van der Waals surface area contributed by atoms with E-state index < -0.39 is 0 Å². The highest BCUT2D eigenvalue weighted by molar-refractivity contribution is 8.02. The van der Waals surface area contributed by atoms with Gasteiger partial charge in [-0.2, -0.15) is 0 Å². The number of rotatable bonds is 3. The Morgan fingerprint density at radius 3 is 2.92 bits per heavy atom. The summed E-state index contributed by atoms with van der Waals surface area (Å²) in [5, 5.41) is 0.927. The highest BCUT2D eigenvalue weighted by atomic mass is 35.5. The van der Waals surface area contributed by atoms with Gasteiger partial charge in [-0.1, -0.05) is 29.3 Å². The maximum absolute atomic E-state index is 6.08. The zero-order chi connectivity index (χ0) is 9.68. The molecule has 0 saturated carbocycles. The maximum Gasteiger partial charge on any atom is 0.0354 e. The van der Waals surface area contributed by atoms with Crippen molar-refractivity contribution in [3.8, 4) is 0 Å². The number of hydrogen-bond donors (Lipinski definition) is 1. The summed E-state index contributed by atoms with van der Waals surface area (Å²) in [5.74, 6) is 0. The second-order valence-corrected chi connectivity index (χ2v) is 4.13. The zero-order valence-electron chi connectivity index (χ0n) is 7.72. The fraction of sp³-hybridized carbons (Fsp3) is 0.400. The Balaban J connectivity index is 2.73. The van der Waals surface area contributed by atoms with Crippen molar-refractivity contribution in [2.24, 2.45) is 5.73 Å². The molecule has 0 aromatic rings. The molecule has 0 bridgehead atoms. The van der Waals surface area contributed by atoms with Gasteiger partial charge in [-0.05, 0) is 25.3 Å². The molecule has 0 saturated heterocycles. The van der Waals surface area contributed by atoms with Gasteiger partial charge in [-0.25, -0.2) is 0 Å². The fourth-order valence-corrected chi connectivity index (χ4v) is 2.07. The Kier molecular flexibility index (Phi) is 4.64. The Morgan fingerprint density at radius 2 is 2.31 bits per heavy atom. The molecule has 72 valence electrons. The van der Waals surface area contributed by atoms with Crippen LogP contribution >= 0.6 is 23.4 Å². The number of thioether (sulfide) groups is 1. The molecule has 0 aromatic carbocycles. The number of hydrogen-bond acceptors (Lipinski definition) is 2. The predicted molar refractivity (Wildman–Crippen MR) is 61.9 cm³/mol. The van der Waals surface area contributed by atoms with Crippen LogP contribution in [0, 0.1) is 0 Å². The lowest BCUT2D eigenvalue weighted by Crippen LogP contribution is -1.98. The highest BCUT2D eigenvalue weighted by Crippen LogP contribution is 2.28. The molecule has 1 aliphatic carbocycles.